The largest absolute Gasteiger partial charge is 0.304 e. The molecule has 1 saturated heterocycles. The molecule has 0 saturated carbocycles. The van der Waals surface area contributed by atoms with E-state index in [1.165, 1.54) is 10.4 Å². The second kappa shape index (κ2) is 6.15. The Kier molecular flexibility index (Phi) is 4.92. The van der Waals surface area contributed by atoms with Gasteiger partial charge in [-0.05, 0) is 24.7 Å². The van der Waals surface area contributed by atoms with Crippen LogP contribution < -0.4 is 0 Å². The Bertz CT molecular complexity index is 602. The van der Waals surface area contributed by atoms with Crippen molar-refractivity contribution < 1.29 is 12.8 Å². The summed E-state index contributed by atoms with van der Waals surface area (Å²) in [6.45, 7) is 2.08. The predicted octanol–water partition coefficient (Wildman–Crippen LogP) is 2.15. The molecule has 0 spiro atoms. The fourth-order valence-electron chi connectivity index (χ4n) is 2.04. The maximum Gasteiger partial charge on any atom is 0.243 e. The Morgan fingerprint density at radius 1 is 1.25 bits per heavy atom. The summed E-state index contributed by atoms with van der Waals surface area (Å²) in [7, 11) is -1.78. The number of likely N-dealkylation sites (N-methyl/N-ethyl adjacent to an activating group) is 1. The molecule has 8 heteroatoms. The zero-order valence-corrected chi connectivity index (χ0v) is 13.3. The lowest BCUT2D eigenvalue weighted by atomic mass is 10.2. The smallest absolute Gasteiger partial charge is 0.243 e. The molecule has 0 aliphatic carbocycles. The third kappa shape index (κ3) is 3.09. The van der Waals surface area contributed by atoms with Crippen molar-refractivity contribution >= 4 is 33.2 Å². The first-order valence-corrected chi connectivity index (χ1v) is 8.44. The molecule has 1 aliphatic heterocycles. The molecular weight excluding hydrogens is 326 g/mol. The van der Waals surface area contributed by atoms with Crippen LogP contribution in [0.2, 0.25) is 5.02 Å². The normalized spacial score (nSPS) is 18.4. The van der Waals surface area contributed by atoms with Crippen molar-refractivity contribution in [1.82, 2.24) is 9.21 Å². The van der Waals surface area contributed by atoms with Crippen LogP contribution in [0.25, 0.3) is 0 Å². The number of sulfonamides is 1. The fraction of sp³-hybridized carbons (Fsp3) is 0.500. The first-order chi connectivity index (χ1) is 9.36. The van der Waals surface area contributed by atoms with Crippen molar-refractivity contribution in [3.05, 3.63) is 28.5 Å². The van der Waals surface area contributed by atoms with Gasteiger partial charge < -0.3 is 4.90 Å². The van der Waals surface area contributed by atoms with Gasteiger partial charge in [0.05, 0.1) is 9.92 Å². The van der Waals surface area contributed by atoms with Crippen molar-refractivity contribution in [3.63, 3.8) is 0 Å². The summed E-state index contributed by atoms with van der Waals surface area (Å²) in [5, 5.41) is -0.127. The van der Waals surface area contributed by atoms with Gasteiger partial charge in [0, 0.05) is 32.1 Å². The van der Waals surface area contributed by atoms with Crippen LogP contribution in [0.5, 0.6) is 0 Å². The van der Waals surface area contributed by atoms with Gasteiger partial charge in [-0.2, -0.15) is 4.31 Å². The zero-order valence-electron chi connectivity index (χ0n) is 10.9. The predicted molar refractivity (Wildman–Crippen MR) is 77.2 cm³/mol. The van der Waals surface area contributed by atoms with E-state index in [1.807, 2.05) is 11.9 Å². The summed E-state index contributed by atoms with van der Waals surface area (Å²) in [6.07, 6.45) is 0. The molecule has 20 heavy (non-hydrogen) atoms. The van der Waals surface area contributed by atoms with Gasteiger partial charge in [0.2, 0.25) is 10.0 Å². The average molecular weight is 341 g/mol. The highest BCUT2D eigenvalue weighted by Crippen LogP contribution is 2.27. The van der Waals surface area contributed by atoms with Crippen LogP contribution in [-0.4, -0.2) is 50.8 Å². The molecule has 0 aromatic heterocycles. The molecule has 4 nitrogen and oxygen atoms in total. The van der Waals surface area contributed by atoms with E-state index >= 15 is 0 Å². The van der Waals surface area contributed by atoms with E-state index in [4.69, 9.17) is 23.2 Å². The maximum absolute atomic E-state index is 13.7. The second-order valence-corrected chi connectivity index (χ2v) is 7.30. The fourth-order valence-corrected chi connectivity index (χ4v) is 3.98. The summed E-state index contributed by atoms with van der Waals surface area (Å²) >= 11 is 11.4. The number of rotatable bonds is 3. The molecule has 0 amide bonds. The van der Waals surface area contributed by atoms with E-state index < -0.39 is 15.8 Å². The third-order valence-corrected chi connectivity index (χ3v) is 5.91. The summed E-state index contributed by atoms with van der Waals surface area (Å²) in [5.74, 6) is -0.806. The van der Waals surface area contributed by atoms with E-state index in [1.54, 1.807) is 0 Å². The van der Waals surface area contributed by atoms with E-state index in [-0.39, 0.29) is 21.4 Å². The van der Waals surface area contributed by atoms with E-state index in [0.717, 1.165) is 6.07 Å². The monoisotopic (exact) mass is 340 g/mol. The van der Waals surface area contributed by atoms with Crippen LogP contribution >= 0.6 is 23.2 Å². The number of piperazine rings is 1. The molecular formula is C12H15Cl2FN2O2S. The average Bonchev–Trinajstić information content (AvgIpc) is 2.42. The van der Waals surface area contributed by atoms with Crippen LogP contribution in [0.4, 0.5) is 4.39 Å². The first kappa shape index (κ1) is 16.0. The Balaban J connectivity index is 2.37. The van der Waals surface area contributed by atoms with Crippen molar-refractivity contribution in [3.8, 4) is 0 Å². The molecule has 1 aliphatic rings. The lowest BCUT2D eigenvalue weighted by Gasteiger charge is -2.31. The third-order valence-electron chi connectivity index (χ3n) is 3.32. The van der Waals surface area contributed by atoms with Gasteiger partial charge in [0.25, 0.3) is 0 Å². The number of alkyl halides is 1. The number of nitrogens with zero attached hydrogens (tertiary/aromatic N) is 2. The number of hydrogen-bond donors (Lipinski definition) is 0. The van der Waals surface area contributed by atoms with Gasteiger partial charge in [-0.25, -0.2) is 12.8 Å². The van der Waals surface area contributed by atoms with Crippen LogP contribution in [0.15, 0.2) is 17.0 Å². The Morgan fingerprint density at radius 3 is 2.40 bits per heavy atom. The summed E-state index contributed by atoms with van der Waals surface area (Å²) in [6, 6.07) is 2.29. The van der Waals surface area contributed by atoms with E-state index in [0.29, 0.717) is 26.2 Å². The second-order valence-electron chi connectivity index (χ2n) is 4.72. The minimum Gasteiger partial charge on any atom is -0.304 e. The molecule has 1 fully saturated rings. The Hall–Kier alpha value is -0.400. The Labute approximate surface area is 128 Å². The molecule has 1 aromatic rings. The minimum absolute atomic E-state index is 0.0398. The van der Waals surface area contributed by atoms with Crippen LogP contribution in [0, 0.1) is 5.82 Å². The van der Waals surface area contributed by atoms with Crippen LogP contribution in [-0.2, 0) is 15.9 Å². The molecule has 112 valence electrons. The zero-order chi connectivity index (χ0) is 14.9. The number of hydrogen-bond acceptors (Lipinski definition) is 3. The van der Waals surface area contributed by atoms with Gasteiger partial charge in [-0.3, -0.25) is 0 Å². The van der Waals surface area contributed by atoms with Gasteiger partial charge in [0.15, 0.2) is 0 Å². The molecule has 0 unspecified atom stereocenters. The number of halogens is 3. The SMILES string of the molecule is CN1CCN(S(=O)(=O)c2cc(F)c(Cl)c(CCl)c2)CC1. The quantitative estimate of drug-likeness (QED) is 0.791. The van der Waals surface area contributed by atoms with Crippen molar-refractivity contribution in [2.75, 3.05) is 33.2 Å². The topological polar surface area (TPSA) is 40.6 Å². The first-order valence-electron chi connectivity index (χ1n) is 6.09. The van der Waals surface area contributed by atoms with Crippen molar-refractivity contribution in [2.45, 2.75) is 10.8 Å². The molecule has 0 radical (unpaired) electrons. The van der Waals surface area contributed by atoms with Crippen molar-refractivity contribution in [2.24, 2.45) is 0 Å². The molecule has 0 atom stereocenters. The van der Waals surface area contributed by atoms with Crippen LogP contribution in [0.3, 0.4) is 0 Å². The summed E-state index contributed by atoms with van der Waals surface area (Å²) < 4.78 is 40.0. The lowest BCUT2D eigenvalue weighted by Crippen LogP contribution is -2.47. The van der Waals surface area contributed by atoms with Gasteiger partial charge >= 0.3 is 0 Å². The number of benzene rings is 1. The van der Waals surface area contributed by atoms with Crippen LogP contribution in [0.1, 0.15) is 5.56 Å². The minimum atomic E-state index is -3.71. The Morgan fingerprint density at radius 2 is 1.85 bits per heavy atom. The maximum atomic E-state index is 13.7. The highest BCUT2D eigenvalue weighted by atomic mass is 35.5. The van der Waals surface area contributed by atoms with Crippen molar-refractivity contribution in [1.29, 1.82) is 0 Å². The summed E-state index contributed by atoms with van der Waals surface area (Å²) in [4.78, 5) is 1.94. The molecule has 1 aromatic carbocycles. The molecule has 2 rings (SSSR count). The highest BCUT2D eigenvalue weighted by molar-refractivity contribution is 7.89. The molecule has 0 N–H and O–H groups in total. The molecule has 0 bridgehead atoms. The summed E-state index contributed by atoms with van der Waals surface area (Å²) in [5.41, 5.74) is 0.279. The van der Waals surface area contributed by atoms with E-state index in [2.05, 4.69) is 0 Å². The molecule has 1 heterocycles. The van der Waals surface area contributed by atoms with Gasteiger partial charge in [0.1, 0.15) is 5.82 Å². The van der Waals surface area contributed by atoms with Gasteiger partial charge in [-0.1, -0.05) is 11.6 Å². The highest BCUT2D eigenvalue weighted by Gasteiger charge is 2.28. The lowest BCUT2D eigenvalue weighted by molar-refractivity contribution is 0.222. The van der Waals surface area contributed by atoms with Gasteiger partial charge in [-0.15, -0.1) is 11.6 Å². The standard InChI is InChI=1S/C12H15Cl2FN2O2S/c1-16-2-4-17(5-3-16)20(18,19)10-6-9(8-13)12(14)11(15)7-10/h6-7H,2-5,8H2,1H3. The van der Waals surface area contributed by atoms with E-state index in [9.17, 15) is 12.8 Å².